The van der Waals surface area contributed by atoms with Crippen LogP contribution in [0.1, 0.15) is 5.56 Å². The smallest absolute Gasteiger partial charge is 0.231 e. The third-order valence-corrected chi connectivity index (χ3v) is 4.26. The van der Waals surface area contributed by atoms with Crippen LogP contribution in [0.3, 0.4) is 0 Å². The van der Waals surface area contributed by atoms with Crippen molar-refractivity contribution in [1.82, 2.24) is 19.9 Å². The molecule has 4 heterocycles. The minimum atomic E-state index is 0.249. The summed E-state index contributed by atoms with van der Waals surface area (Å²) in [6, 6.07) is 9.65. The average Bonchev–Trinajstić information content (AvgIpc) is 3.32. The number of benzene rings is 1. The summed E-state index contributed by atoms with van der Waals surface area (Å²) in [4.78, 5) is 16.4. The third kappa shape index (κ3) is 2.97. The maximum atomic E-state index is 5.42. The molecule has 134 valence electrons. The molecule has 4 aromatic rings. The number of aryl methyl sites for hydroxylation is 1. The van der Waals surface area contributed by atoms with Crippen molar-refractivity contribution in [2.45, 2.75) is 6.92 Å². The number of aromatic amines is 1. The molecule has 3 N–H and O–H groups in total. The highest BCUT2D eigenvalue weighted by atomic mass is 16.7. The number of anilines is 4. The van der Waals surface area contributed by atoms with Crippen LogP contribution < -0.4 is 20.1 Å². The largest absolute Gasteiger partial charge is 0.454 e. The van der Waals surface area contributed by atoms with Crippen molar-refractivity contribution in [3.05, 3.63) is 54.5 Å². The summed E-state index contributed by atoms with van der Waals surface area (Å²) >= 11 is 0. The van der Waals surface area contributed by atoms with E-state index < -0.39 is 0 Å². The number of nitrogens with one attached hydrogen (secondary N) is 3. The van der Waals surface area contributed by atoms with E-state index in [0.717, 1.165) is 39.5 Å². The Morgan fingerprint density at radius 1 is 0.963 bits per heavy atom. The van der Waals surface area contributed by atoms with E-state index >= 15 is 0 Å². The summed E-state index contributed by atoms with van der Waals surface area (Å²) in [7, 11) is 0. The third-order valence-electron chi connectivity index (χ3n) is 4.26. The highest BCUT2D eigenvalue weighted by molar-refractivity contribution is 5.79. The number of nitrogens with zero attached hydrogens (tertiary/aromatic N) is 3. The van der Waals surface area contributed by atoms with Crippen molar-refractivity contribution < 1.29 is 9.47 Å². The van der Waals surface area contributed by atoms with Crippen LogP contribution in [0.5, 0.6) is 11.5 Å². The Bertz CT molecular complexity index is 1140. The Hall–Kier alpha value is -3.81. The zero-order valence-electron chi connectivity index (χ0n) is 14.5. The first-order valence-corrected chi connectivity index (χ1v) is 8.45. The lowest BCUT2D eigenvalue weighted by Gasteiger charge is -2.11. The zero-order chi connectivity index (χ0) is 18.2. The van der Waals surface area contributed by atoms with Crippen LogP contribution in [0.2, 0.25) is 0 Å². The minimum Gasteiger partial charge on any atom is -0.454 e. The van der Waals surface area contributed by atoms with Gasteiger partial charge in [-0.25, -0.2) is 9.97 Å². The number of hydrogen-bond acceptors (Lipinski definition) is 7. The van der Waals surface area contributed by atoms with Gasteiger partial charge in [-0.05, 0) is 31.2 Å². The zero-order valence-corrected chi connectivity index (χ0v) is 14.5. The van der Waals surface area contributed by atoms with E-state index in [-0.39, 0.29) is 6.79 Å². The average molecular weight is 360 g/mol. The molecule has 1 aliphatic heterocycles. The second kappa shape index (κ2) is 6.17. The fourth-order valence-corrected chi connectivity index (χ4v) is 2.88. The molecule has 27 heavy (non-hydrogen) atoms. The topological polar surface area (TPSA) is 97.0 Å². The van der Waals surface area contributed by atoms with Crippen LogP contribution >= 0.6 is 0 Å². The number of fused-ring (bicyclic) bond motifs is 2. The normalized spacial score (nSPS) is 12.3. The van der Waals surface area contributed by atoms with Crippen LogP contribution in [-0.2, 0) is 0 Å². The molecule has 0 unspecified atom stereocenters. The Morgan fingerprint density at radius 3 is 2.85 bits per heavy atom. The lowest BCUT2D eigenvalue weighted by molar-refractivity contribution is 0.174. The summed E-state index contributed by atoms with van der Waals surface area (Å²) < 4.78 is 10.8. The molecule has 8 nitrogen and oxygen atoms in total. The quantitative estimate of drug-likeness (QED) is 0.508. The van der Waals surface area contributed by atoms with Gasteiger partial charge >= 0.3 is 0 Å². The van der Waals surface area contributed by atoms with Gasteiger partial charge in [0.25, 0.3) is 0 Å². The molecule has 0 amide bonds. The Morgan fingerprint density at radius 2 is 1.89 bits per heavy atom. The Balaban J connectivity index is 1.40. The van der Waals surface area contributed by atoms with Gasteiger partial charge in [-0.1, -0.05) is 0 Å². The molecular weight excluding hydrogens is 344 g/mol. The molecule has 0 saturated carbocycles. The molecule has 8 heteroatoms. The van der Waals surface area contributed by atoms with Gasteiger partial charge in [-0.2, -0.15) is 4.98 Å². The SMILES string of the molecule is Cc1cnc(Nc2cnc3[nH]ccc3c2)nc1Nc1ccc2c(c1)OCO2. The van der Waals surface area contributed by atoms with E-state index in [9.17, 15) is 0 Å². The molecule has 0 bridgehead atoms. The summed E-state index contributed by atoms with van der Waals surface area (Å²) in [6.45, 7) is 2.20. The first-order valence-electron chi connectivity index (χ1n) is 8.45. The Kier molecular flexibility index (Phi) is 3.53. The van der Waals surface area contributed by atoms with Gasteiger partial charge in [0, 0.05) is 35.1 Å². The van der Waals surface area contributed by atoms with Crippen molar-refractivity contribution in [2.24, 2.45) is 0 Å². The lowest BCUT2D eigenvalue weighted by Crippen LogP contribution is -2.03. The van der Waals surface area contributed by atoms with Gasteiger partial charge < -0.3 is 25.1 Å². The number of hydrogen-bond donors (Lipinski definition) is 3. The lowest BCUT2D eigenvalue weighted by atomic mass is 10.2. The monoisotopic (exact) mass is 360 g/mol. The second-order valence-corrected chi connectivity index (χ2v) is 6.18. The fraction of sp³-hybridized carbons (Fsp3) is 0.105. The van der Waals surface area contributed by atoms with Crippen molar-refractivity contribution in [3.8, 4) is 11.5 Å². The number of H-pyrrole nitrogens is 1. The maximum Gasteiger partial charge on any atom is 0.231 e. The maximum absolute atomic E-state index is 5.42. The van der Waals surface area contributed by atoms with Gasteiger partial charge in [0.05, 0.1) is 11.9 Å². The molecule has 0 radical (unpaired) electrons. The summed E-state index contributed by atoms with van der Waals surface area (Å²) in [5.74, 6) is 2.66. The molecule has 1 aromatic carbocycles. The van der Waals surface area contributed by atoms with E-state index in [1.165, 1.54) is 0 Å². The van der Waals surface area contributed by atoms with Crippen molar-refractivity contribution in [1.29, 1.82) is 0 Å². The molecule has 0 atom stereocenters. The van der Waals surface area contributed by atoms with Gasteiger partial charge in [-0.3, -0.25) is 0 Å². The summed E-state index contributed by atoms with van der Waals surface area (Å²) in [5, 5.41) is 7.52. The van der Waals surface area contributed by atoms with E-state index in [0.29, 0.717) is 11.8 Å². The number of ether oxygens (including phenoxy) is 2. The number of rotatable bonds is 4. The van der Waals surface area contributed by atoms with E-state index in [1.807, 2.05) is 43.5 Å². The van der Waals surface area contributed by atoms with Crippen LogP contribution in [0.25, 0.3) is 11.0 Å². The molecule has 5 rings (SSSR count). The second-order valence-electron chi connectivity index (χ2n) is 6.18. The molecule has 1 aliphatic rings. The number of pyridine rings is 1. The first-order chi connectivity index (χ1) is 13.2. The molecule has 3 aromatic heterocycles. The first kappa shape index (κ1) is 15.4. The van der Waals surface area contributed by atoms with Gasteiger partial charge in [0.2, 0.25) is 12.7 Å². The highest BCUT2D eigenvalue weighted by Gasteiger charge is 2.14. The van der Waals surface area contributed by atoms with Gasteiger partial charge in [-0.15, -0.1) is 0 Å². The van der Waals surface area contributed by atoms with Crippen molar-refractivity contribution in [2.75, 3.05) is 17.4 Å². The van der Waals surface area contributed by atoms with Crippen molar-refractivity contribution in [3.63, 3.8) is 0 Å². The van der Waals surface area contributed by atoms with E-state index in [1.54, 1.807) is 12.4 Å². The summed E-state index contributed by atoms with van der Waals surface area (Å²) in [6.07, 6.45) is 5.37. The molecule has 0 aliphatic carbocycles. The van der Waals surface area contributed by atoms with Crippen molar-refractivity contribution >= 4 is 34.2 Å². The van der Waals surface area contributed by atoms with E-state index in [2.05, 4.69) is 30.6 Å². The predicted octanol–water partition coefficient (Wildman–Crippen LogP) is 3.88. The van der Waals surface area contributed by atoms with Gasteiger partial charge in [0.15, 0.2) is 11.5 Å². The van der Waals surface area contributed by atoms with Crippen LogP contribution in [0.4, 0.5) is 23.1 Å². The van der Waals surface area contributed by atoms with E-state index in [4.69, 9.17) is 9.47 Å². The van der Waals surface area contributed by atoms with Crippen LogP contribution in [0, 0.1) is 6.92 Å². The minimum absolute atomic E-state index is 0.249. The van der Waals surface area contributed by atoms with Crippen LogP contribution in [0.15, 0.2) is 48.9 Å². The molecular formula is C19H16N6O2. The predicted molar refractivity (Wildman–Crippen MR) is 102 cm³/mol. The highest BCUT2D eigenvalue weighted by Crippen LogP contribution is 2.35. The fourth-order valence-electron chi connectivity index (χ4n) is 2.88. The van der Waals surface area contributed by atoms with Crippen LogP contribution in [-0.4, -0.2) is 26.7 Å². The van der Waals surface area contributed by atoms with Gasteiger partial charge in [0.1, 0.15) is 11.5 Å². The molecule has 0 saturated heterocycles. The standard InChI is InChI=1S/C19H16N6O2/c1-11-8-22-19(24-14-6-12-4-5-20-18(12)21-9-14)25-17(11)23-13-2-3-15-16(7-13)27-10-26-15/h2-9H,10H2,1H3,(H,20,21)(H2,22,23,24,25). The molecule has 0 spiro atoms. The number of aromatic nitrogens is 4. The summed E-state index contributed by atoms with van der Waals surface area (Å²) in [5.41, 5.74) is 3.45. The molecule has 0 fully saturated rings. The Labute approximate surface area is 154 Å².